The van der Waals surface area contributed by atoms with Crippen LogP contribution < -0.4 is 5.32 Å². The van der Waals surface area contributed by atoms with E-state index < -0.39 is 18.0 Å². The van der Waals surface area contributed by atoms with Crippen LogP contribution in [0.25, 0.3) is 17.3 Å². The summed E-state index contributed by atoms with van der Waals surface area (Å²) in [6.45, 7) is 5.30. The number of anilines is 1. The van der Waals surface area contributed by atoms with Crippen molar-refractivity contribution in [3.8, 4) is 11.3 Å². The van der Waals surface area contributed by atoms with E-state index in [9.17, 15) is 9.59 Å². The summed E-state index contributed by atoms with van der Waals surface area (Å²) in [6.07, 6.45) is 2.00. The summed E-state index contributed by atoms with van der Waals surface area (Å²) in [5.41, 5.74) is 4.36. The molecular weight excluding hydrogens is 388 g/mol. The lowest BCUT2D eigenvalue weighted by Gasteiger charge is -2.10. The van der Waals surface area contributed by atoms with Gasteiger partial charge in [-0.3, -0.25) is 14.8 Å². The molecule has 0 unspecified atom stereocenters. The summed E-state index contributed by atoms with van der Waals surface area (Å²) in [5, 5.41) is 9.29. The summed E-state index contributed by atoms with van der Waals surface area (Å²) in [7, 11) is 1.84. The highest BCUT2D eigenvalue weighted by atomic mass is 32.1. The molecule has 0 saturated carbocycles. The lowest BCUT2D eigenvalue weighted by molar-refractivity contribution is -0.148. The number of nitrogens with one attached hydrogen (secondary N) is 1. The number of thiazole rings is 1. The van der Waals surface area contributed by atoms with Gasteiger partial charge in [-0.2, -0.15) is 5.10 Å². The van der Waals surface area contributed by atoms with E-state index >= 15 is 0 Å². The molecule has 1 atom stereocenters. The average molecular weight is 410 g/mol. The van der Waals surface area contributed by atoms with Gasteiger partial charge in [0.25, 0.3) is 5.91 Å². The first-order chi connectivity index (χ1) is 13.8. The van der Waals surface area contributed by atoms with Gasteiger partial charge in [0.2, 0.25) is 0 Å². The number of rotatable bonds is 6. The van der Waals surface area contributed by atoms with E-state index in [-0.39, 0.29) is 0 Å². The van der Waals surface area contributed by atoms with Gasteiger partial charge in [0.15, 0.2) is 11.2 Å². The maximum Gasteiger partial charge on any atom is 0.331 e. The predicted octanol–water partition coefficient (Wildman–Crippen LogP) is 3.74. The molecule has 7 nitrogen and oxygen atoms in total. The Kier molecular flexibility index (Phi) is 6.23. The summed E-state index contributed by atoms with van der Waals surface area (Å²) in [6, 6.07) is 9.68. The third-order valence-corrected chi connectivity index (χ3v) is 5.17. The predicted molar refractivity (Wildman–Crippen MR) is 113 cm³/mol. The van der Waals surface area contributed by atoms with Crippen LogP contribution in [-0.4, -0.2) is 32.7 Å². The summed E-state index contributed by atoms with van der Waals surface area (Å²) in [5.74, 6) is -1.03. The highest BCUT2D eigenvalue weighted by molar-refractivity contribution is 7.14. The molecule has 0 aliphatic rings. The van der Waals surface area contributed by atoms with Crippen LogP contribution in [0.2, 0.25) is 0 Å². The molecule has 150 valence electrons. The minimum absolute atomic E-state index is 0.436. The minimum atomic E-state index is -0.952. The molecule has 1 amide bonds. The second-order valence-corrected chi connectivity index (χ2v) is 7.37. The molecule has 29 heavy (non-hydrogen) atoms. The number of nitrogens with zero attached hydrogens (tertiary/aromatic N) is 3. The topological polar surface area (TPSA) is 86.1 Å². The first-order valence-corrected chi connectivity index (χ1v) is 9.94. The van der Waals surface area contributed by atoms with Gasteiger partial charge in [0.1, 0.15) is 0 Å². The second kappa shape index (κ2) is 8.83. The van der Waals surface area contributed by atoms with Crippen LogP contribution in [0, 0.1) is 13.8 Å². The van der Waals surface area contributed by atoms with Gasteiger partial charge in [-0.25, -0.2) is 9.78 Å². The van der Waals surface area contributed by atoms with Crippen molar-refractivity contribution < 1.29 is 14.3 Å². The first-order valence-electron chi connectivity index (χ1n) is 9.06. The number of carbonyl (C=O) groups excluding carboxylic acids is 2. The maximum absolute atomic E-state index is 12.3. The number of ether oxygens (including phenoxy) is 1. The van der Waals surface area contributed by atoms with Crippen LogP contribution in [0.15, 0.2) is 41.8 Å². The Morgan fingerprint density at radius 1 is 1.24 bits per heavy atom. The van der Waals surface area contributed by atoms with Crippen LogP contribution in [0.4, 0.5) is 5.13 Å². The highest BCUT2D eigenvalue weighted by Crippen LogP contribution is 2.24. The smallest absolute Gasteiger partial charge is 0.331 e. The molecule has 0 bridgehead atoms. The van der Waals surface area contributed by atoms with Crippen molar-refractivity contribution in [3.63, 3.8) is 0 Å². The SMILES string of the molecule is Cc1nn(C)c(C)c1/C=C/C(=O)O[C@@H](C)C(=O)Nc1nc(-c2ccccc2)cs1. The molecule has 3 rings (SSSR count). The van der Waals surface area contributed by atoms with Crippen LogP contribution in [0.3, 0.4) is 0 Å². The molecule has 2 heterocycles. The number of aromatic nitrogens is 3. The summed E-state index contributed by atoms with van der Waals surface area (Å²) in [4.78, 5) is 28.8. The van der Waals surface area contributed by atoms with Gasteiger partial charge < -0.3 is 4.74 Å². The molecule has 3 aromatic rings. The fourth-order valence-electron chi connectivity index (χ4n) is 2.73. The molecule has 0 saturated heterocycles. The summed E-state index contributed by atoms with van der Waals surface area (Å²) < 4.78 is 6.94. The van der Waals surface area contributed by atoms with Gasteiger partial charge >= 0.3 is 5.97 Å². The van der Waals surface area contributed by atoms with Crippen LogP contribution in [-0.2, 0) is 21.4 Å². The molecule has 1 N–H and O–H groups in total. The van der Waals surface area contributed by atoms with E-state index in [0.29, 0.717) is 5.13 Å². The Morgan fingerprint density at radius 2 is 1.97 bits per heavy atom. The molecule has 2 aromatic heterocycles. The van der Waals surface area contributed by atoms with E-state index in [1.54, 1.807) is 10.8 Å². The standard InChI is InChI=1S/C21H22N4O3S/c1-13-17(14(2)25(4)24-13)10-11-19(26)28-15(3)20(27)23-21-22-18(12-29-21)16-8-6-5-7-9-16/h5-12,15H,1-4H3,(H,22,23,27)/b11-10+/t15-/m0/s1. The number of esters is 1. The molecule has 8 heteroatoms. The third kappa shape index (κ3) is 4.97. The Bertz CT molecular complexity index is 1050. The average Bonchev–Trinajstić information content (AvgIpc) is 3.25. The molecular formula is C21H22N4O3S. The zero-order valence-corrected chi connectivity index (χ0v) is 17.5. The molecule has 0 aliphatic carbocycles. The fraction of sp³-hybridized carbons (Fsp3) is 0.238. The lowest BCUT2D eigenvalue weighted by Crippen LogP contribution is -2.29. The number of aryl methyl sites for hydroxylation is 2. The van der Waals surface area contributed by atoms with E-state index in [1.807, 2.05) is 56.6 Å². The second-order valence-electron chi connectivity index (χ2n) is 6.51. The van der Waals surface area contributed by atoms with E-state index in [4.69, 9.17) is 4.74 Å². The van der Waals surface area contributed by atoms with Crippen molar-refractivity contribution in [2.45, 2.75) is 26.9 Å². The number of hydrogen-bond donors (Lipinski definition) is 1. The largest absolute Gasteiger partial charge is 0.449 e. The van der Waals surface area contributed by atoms with Gasteiger partial charge in [-0.05, 0) is 26.8 Å². The highest BCUT2D eigenvalue weighted by Gasteiger charge is 2.18. The molecule has 0 aliphatic heterocycles. The first kappa shape index (κ1) is 20.5. The lowest BCUT2D eigenvalue weighted by atomic mass is 10.2. The van der Waals surface area contributed by atoms with Gasteiger partial charge in [0.05, 0.1) is 11.4 Å². The fourth-order valence-corrected chi connectivity index (χ4v) is 3.45. The monoisotopic (exact) mass is 410 g/mol. The third-order valence-electron chi connectivity index (χ3n) is 4.42. The molecule has 1 aromatic carbocycles. The van der Waals surface area contributed by atoms with Gasteiger partial charge in [-0.1, -0.05) is 30.3 Å². The van der Waals surface area contributed by atoms with Gasteiger partial charge in [0, 0.05) is 35.3 Å². The van der Waals surface area contributed by atoms with Crippen LogP contribution in [0.1, 0.15) is 23.9 Å². The zero-order valence-electron chi connectivity index (χ0n) is 16.7. The Balaban J connectivity index is 1.57. The van der Waals surface area contributed by atoms with Crippen LogP contribution >= 0.6 is 11.3 Å². The minimum Gasteiger partial charge on any atom is -0.449 e. The van der Waals surface area contributed by atoms with E-state index in [1.165, 1.54) is 24.3 Å². The van der Waals surface area contributed by atoms with Crippen molar-refractivity contribution in [3.05, 3.63) is 58.7 Å². The zero-order chi connectivity index (χ0) is 21.0. The number of benzene rings is 1. The van der Waals surface area contributed by atoms with Crippen molar-refractivity contribution in [2.24, 2.45) is 7.05 Å². The normalized spacial score (nSPS) is 12.1. The number of hydrogen-bond acceptors (Lipinski definition) is 6. The maximum atomic E-state index is 12.3. The summed E-state index contributed by atoms with van der Waals surface area (Å²) >= 11 is 1.32. The number of carbonyl (C=O) groups is 2. The van der Waals surface area contributed by atoms with Gasteiger partial charge in [-0.15, -0.1) is 11.3 Å². The van der Waals surface area contributed by atoms with Crippen LogP contribution in [0.5, 0.6) is 0 Å². The molecule has 0 fully saturated rings. The van der Waals surface area contributed by atoms with Crippen molar-refractivity contribution in [2.75, 3.05) is 5.32 Å². The van der Waals surface area contributed by atoms with E-state index in [2.05, 4.69) is 15.4 Å². The quantitative estimate of drug-likeness (QED) is 0.494. The van der Waals surface area contributed by atoms with Crippen molar-refractivity contribution in [1.29, 1.82) is 0 Å². The van der Waals surface area contributed by atoms with Crippen molar-refractivity contribution >= 4 is 34.4 Å². The molecule has 0 radical (unpaired) electrons. The number of amides is 1. The molecule has 0 spiro atoms. The Labute approximate surface area is 173 Å². The Hall–Kier alpha value is -3.26. The van der Waals surface area contributed by atoms with E-state index in [0.717, 1.165) is 28.2 Å². The Morgan fingerprint density at radius 3 is 2.62 bits per heavy atom. The van der Waals surface area contributed by atoms with Crippen molar-refractivity contribution in [1.82, 2.24) is 14.8 Å².